The van der Waals surface area contributed by atoms with Gasteiger partial charge in [-0.25, -0.2) is 9.79 Å². The van der Waals surface area contributed by atoms with Gasteiger partial charge in [0.15, 0.2) is 4.80 Å². The number of esters is 1. The van der Waals surface area contributed by atoms with Gasteiger partial charge in [0.05, 0.1) is 40.1 Å². The maximum atomic E-state index is 13.8. The number of methoxy groups -OCH3 is 1. The van der Waals surface area contributed by atoms with Crippen LogP contribution in [0.4, 0.5) is 0 Å². The van der Waals surface area contributed by atoms with Crippen molar-refractivity contribution in [2.75, 3.05) is 7.11 Å². The van der Waals surface area contributed by atoms with E-state index < -0.39 is 12.0 Å². The lowest BCUT2D eigenvalue weighted by Gasteiger charge is -2.25. The van der Waals surface area contributed by atoms with Crippen LogP contribution in [0.25, 0.3) is 6.08 Å². The van der Waals surface area contributed by atoms with Crippen LogP contribution in [0.15, 0.2) is 63.5 Å². The lowest BCUT2D eigenvalue weighted by Crippen LogP contribution is -2.40. The predicted octanol–water partition coefficient (Wildman–Crippen LogP) is 4.89. The van der Waals surface area contributed by atoms with E-state index in [0.29, 0.717) is 48.4 Å². The van der Waals surface area contributed by atoms with Gasteiger partial charge in [-0.2, -0.15) is 0 Å². The van der Waals surface area contributed by atoms with Gasteiger partial charge >= 0.3 is 5.97 Å². The van der Waals surface area contributed by atoms with Crippen molar-refractivity contribution in [2.24, 2.45) is 4.99 Å². The minimum atomic E-state index is -0.661. The number of hydrogen-bond donors (Lipinski definition) is 0. The Hall–Kier alpha value is -2.87. The molecule has 0 unspecified atom stereocenters. The highest BCUT2D eigenvalue weighted by atomic mass is 35.5. The SMILES string of the molecule is CCC1=C(C(=O)OC)[C@@H](c2ccccc2)n2c(s/c(=C/c3cc(Cl)cc(Cl)c3OC(C)C)c2=O)=N1. The summed E-state index contributed by atoms with van der Waals surface area (Å²) in [6.45, 7) is 5.70. The molecule has 0 radical (unpaired) electrons. The van der Waals surface area contributed by atoms with Crippen LogP contribution in [0.5, 0.6) is 5.75 Å². The summed E-state index contributed by atoms with van der Waals surface area (Å²) in [5.41, 5.74) is 2.03. The molecule has 9 heteroatoms. The molecule has 0 spiro atoms. The van der Waals surface area contributed by atoms with Gasteiger partial charge in [0.1, 0.15) is 5.75 Å². The van der Waals surface area contributed by atoms with Crippen molar-refractivity contribution in [1.29, 1.82) is 0 Å². The zero-order chi connectivity index (χ0) is 25.3. The molecule has 1 atom stereocenters. The number of nitrogens with zero attached hydrogens (tertiary/aromatic N) is 2. The third-order valence-corrected chi connectivity index (χ3v) is 6.92. The fourth-order valence-corrected chi connectivity index (χ4v) is 5.57. The van der Waals surface area contributed by atoms with E-state index in [4.69, 9.17) is 32.7 Å². The largest absolute Gasteiger partial charge is 0.489 e. The van der Waals surface area contributed by atoms with Gasteiger partial charge in [-0.15, -0.1) is 0 Å². The number of fused-ring (bicyclic) bond motifs is 1. The third kappa shape index (κ3) is 4.94. The van der Waals surface area contributed by atoms with Gasteiger partial charge in [0.2, 0.25) is 0 Å². The average molecular weight is 531 g/mol. The van der Waals surface area contributed by atoms with Crippen LogP contribution >= 0.6 is 34.5 Å². The van der Waals surface area contributed by atoms with Crippen LogP contribution in [0, 0.1) is 0 Å². The van der Waals surface area contributed by atoms with Crippen molar-refractivity contribution in [1.82, 2.24) is 4.57 Å². The Morgan fingerprint density at radius 3 is 2.57 bits per heavy atom. The highest BCUT2D eigenvalue weighted by Crippen LogP contribution is 2.34. The first-order valence-corrected chi connectivity index (χ1v) is 12.7. The van der Waals surface area contributed by atoms with Crippen LogP contribution in [-0.2, 0) is 9.53 Å². The van der Waals surface area contributed by atoms with Crippen LogP contribution < -0.4 is 19.6 Å². The Morgan fingerprint density at radius 2 is 1.94 bits per heavy atom. The predicted molar refractivity (Wildman–Crippen MR) is 139 cm³/mol. The Balaban J connectivity index is 2.00. The fourth-order valence-electron chi connectivity index (χ4n) is 4.00. The maximum absolute atomic E-state index is 13.8. The fraction of sp³-hybridized carbons (Fsp3) is 0.269. The van der Waals surface area contributed by atoms with E-state index >= 15 is 0 Å². The summed E-state index contributed by atoms with van der Waals surface area (Å²) >= 11 is 13.9. The standard InChI is InChI=1S/C26H24Cl2N2O4S/c1-5-19-21(25(32)33-4)22(15-9-7-6-8-10-15)30-24(31)20(35-26(30)29-19)12-16-11-17(27)13-18(28)23(16)34-14(2)3/h6-14,22H,5H2,1-4H3/b20-12+/t22-/m1/s1. The number of rotatable bonds is 6. The minimum Gasteiger partial charge on any atom is -0.489 e. The molecule has 0 amide bonds. The summed E-state index contributed by atoms with van der Waals surface area (Å²) in [7, 11) is 1.33. The van der Waals surface area contributed by atoms with E-state index in [2.05, 4.69) is 4.99 Å². The first-order valence-electron chi connectivity index (χ1n) is 11.1. The maximum Gasteiger partial charge on any atom is 0.338 e. The van der Waals surface area contributed by atoms with E-state index in [1.807, 2.05) is 51.1 Å². The van der Waals surface area contributed by atoms with E-state index in [0.717, 1.165) is 5.56 Å². The summed E-state index contributed by atoms with van der Waals surface area (Å²) in [6, 6.07) is 12.0. The second-order valence-corrected chi connectivity index (χ2v) is 10.0. The molecule has 0 aliphatic carbocycles. The molecule has 0 saturated heterocycles. The number of aromatic nitrogens is 1. The number of hydrogen-bond acceptors (Lipinski definition) is 6. The van der Waals surface area contributed by atoms with Gasteiger partial charge in [-0.1, -0.05) is 71.8 Å². The summed E-state index contributed by atoms with van der Waals surface area (Å²) in [5.74, 6) is -0.0658. The number of allylic oxidation sites excluding steroid dienone is 1. The molecule has 2 aromatic carbocycles. The molecular weight excluding hydrogens is 507 g/mol. The smallest absolute Gasteiger partial charge is 0.338 e. The number of thiazole rings is 1. The Morgan fingerprint density at radius 1 is 1.23 bits per heavy atom. The van der Waals surface area contributed by atoms with Crippen LogP contribution in [0.3, 0.4) is 0 Å². The Bertz CT molecular complexity index is 1490. The normalized spacial score (nSPS) is 15.7. The van der Waals surface area contributed by atoms with E-state index in [-0.39, 0.29) is 11.7 Å². The van der Waals surface area contributed by atoms with E-state index in [9.17, 15) is 9.59 Å². The second-order valence-electron chi connectivity index (χ2n) is 8.17. The van der Waals surface area contributed by atoms with Crippen molar-refractivity contribution in [2.45, 2.75) is 39.3 Å². The molecule has 4 rings (SSSR count). The Kier molecular flexibility index (Phi) is 7.50. The molecule has 6 nitrogen and oxygen atoms in total. The number of benzene rings is 2. The van der Waals surface area contributed by atoms with E-state index in [1.54, 1.807) is 22.8 Å². The van der Waals surface area contributed by atoms with Crippen LogP contribution in [-0.4, -0.2) is 23.8 Å². The zero-order valence-corrected chi connectivity index (χ0v) is 22.0. The first kappa shape index (κ1) is 25.2. The summed E-state index contributed by atoms with van der Waals surface area (Å²) in [5, 5.41) is 0.780. The van der Waals surface area contributed by atoms with Crippen molar-refractivity contribution >= 4 is 46.6 Å². The van der Waals surface area contributed by atoms with Crippen LogP contribution in [0.1, 0.15) is 44.4 Å². The monoisotopic (exact) mass is 530 g/mol. The quantitative estimate of drug-likeness (QED) is 0.425. The van der Waals surface area contributed by atoms with E-state index in [1.165, 1.54) is 18.4 Å². The lowest BCUT2D eigenvalue weighted by atomic mass is 9.95. The molecule has 0 saturated carbocycles. The van der Waals surface area contributed by atoms with Gasteiger partial charge in [0, 0.05) is 10.6 Å². The summed E-state index contributed by atoms with van der Waals surface area (Å²) in [4.78, 5) is 31.8. The van der Waals surface area contributed by atoms with Gasteiger partial charge in [0.25, 0.3) is 5.56 Å². The average Bonchev–Trinajstić information content (AvgIpc) is 3.14. The van der Waals surface area contributed by atoms with Gasteiger partial charge in [-0.3, -0.25) is 9.36 Å². The van der Waals surface area contributed by atoms with Crippen molar-refractivity contribution in [3.8, 4) is 5.75 Å². The molecule has 35 heavy (non-hydrogen) atoms. The molecule has 2 heterocycles. The zero-order valence-electron chi connectivity index (χ0n) is 19.7. The topological polar surface area (TPSA) is 69.9 Å². The molecule has 1 aliphatic rings. The lowest BCUT2D eigenvalue weighted by molar-refractivity contribution is -0.136. The first-order chi connectivity index (χ1) is 16.7. The number of halogens is 2. The summed E-state index contributed by atoms with van der Waals surface area (Å²) in [6.07, 6.45) is 2.08. The second kappa shape index (κ2) is 10.4. The molecule has 0 bridgehead atoms. The molecule has 182 valence electrons. The van der Waals surface area contributed by atoms with Crippen molar-refractivity contribution in [3.05, 3.63) is 94.6 Å². The molecule has 3 aromatic rings. The van der Waals surface area contributed by atoms with Gasteiger partial charge in [-0.05, 0) is 44.0 Å². The van der Waals surface area contributed by atoms with Crippen molar-refractivity contribution < 1.29 is 14.3 Å². The molecule has 1 aliphatic heterocycles. The molecule has 0 fully saturated rings. The van der Waals surface area contributed by atoms with Gasteiger partial charge < -0.3 is 9.47 Å². The molecule has 1 aromatic heterocycles. The summed E-state index contributed by atoms with van der Waals surface area (Å²) < 4.78 is 13.0. The number of ether oxygens (including phenoxy) is 2. The molecule has 0 N–H and O–H groups in total. The third-order valence-electron chi connectivity index (χ3n) is 5.44. The van der Waals surface area contributed by atoms with Crippen molar-refractivity contribution in [3.63, 3.8) is 0 Å². The Labute approximate surface area is 216 Å². The minimum absolute atomic E-state index is 0.130. The highest BCUT2D eigenvalue weighted by Gasteiger charge is 2.33. The number of carbonyl (C=O) groups is 1. The number of carbonyl (C=O) groups excluding carboxylic acids is 1. The van der Waals surface area contributed by atoms with Crippen LogP contribution in [0.2, 0.25) is 10.0 Å². The molecular formula is C26H24Cl2N2O4S. The highest BCUT2D eigenvalue weighted by molar-refractivity contribution is 7.07.